The summed E-state index contributed by atoms with van der Waals surface area (Å²) in [4.78, 5) is 14.8. The van der Waals surface area contributed by atoms with Gasteiger partial charge in [0.1, 0.15) is 5.75 Å². The van der Waals surface area contributed by atoms with Crippen molar-refractivity contribution in [1.29, 1.82) is 0 Å². The van der Waals surface area contributed by atoms with E-state index in [-0.39, 0.29) is 5.56 Å². The molecule has 0 atom stereocenters. The lowest BCUT2D eigenvalue weighted by atomic mass is 10.1. The van der Waals surface area contributed by atoms with Crippen molar-refractivity contribution in [1.82, 2.24) is 4.98 Å². The minimum Gasteiger partial charge on any atom is -0.495 e. The van der Waals surface area contributed by atoms with E-state index >= 15 is 0 Å². The van der Waals surface area contributed by atoms with Crippen LogP contribution in [0.15, 0.2) is 36.7 Å². The predicted octanol–water partition coefficient (Wildman–Crippen LogP) is 3.11. The maximum Gasteiger partial charge on any atom is 0.337 e. The van der Waals surface area contributed by atoms with Crippen LogP contribution in [0.2, 0.25) is 5.02 Å². The Bertz CT molecular complexity index is 599. The molecule has 0 saturated carbocycles. The van der Waals surface area contributed by atoms with Crippen molar-refractivity contribution in [3.05, 3.63) is 47.2 Å². The van der Waals surface area contributed by atoms with Crippen LogP contribution in [-0.2, 0) is 0 Å². The molecule has 0 saturated heterocycles. The number of benzene rings is 1. The number of methoxy groups -OCH3 is 1. The number of rotatable bonds is 3. The summed E-state index contributed by atoms with van der Waals surface area (Å²) in [5.74, 6) is -0.472. The first-order valence-electron chi connectivity index (χ1n) is 5.14. The Labute approximate surface area is 109 Å². The van der Waals surface area contributed by atoms with Crippen molar-refractivity contribution in [2.45, 2.75) is 0 Å². The lowest BCUT2D eigenvalue weighted by Gasteiger charge is -2.07. The van der Waals surface area contributed by atoms with Crippen molar-refractivity contribution in [3.63, 3.8) is 0 Å². The lowest BCUT2D eigenvalue weighted by Crippen LogP contribution is -1.97. The fraction of sp³-hybridized carbons (Fsp3) is 0.0769. The molecular formula is C13H10ClNO3. The van der Waals surface area contributed by atoms with Gasteiger partial charge in [-0.3, -0.25) is 4.98 Å². The average molecular weight is 264 g/mol. The van der Waals surface area contributed by atoms with E-state index in [9.17, 15) is 4.79 Å². The molecule has 2 aromatic rings. The topological polar surface area (TPSA) is 59.4 Å². The Morgan fingerprint density at radius 1 is 1.28 bits per heavy atom. The molecule has 2 rings (SSSR count). The van der Waals surface area contributed by atoms with Crippen molar-refractivity contribution in [2.75, 3.05) is 7.11 Å². The molecule has 1 heterocycles. The molecule has 5 heteroatoms. The summed E-state index contributed by atoms with van der Waals surface area (Å²) in [5.41, 5.74) is 1.64. The SMILES string of the molecule is COc1cc(-c2cncc(C(=O)O)c2)ccc1Cl. The summed E-state index contributed by atoms with van der Waals surface area (Å²) < 4.78 is 5.12. The Morgan fingerprint density at radius 3 is 2.72 bits per heavy atom. The van der Waals surface area contributed by atoms with Gasteiger partial charge in [0.05, 0.1) is 17.7 Å². The number of aromatic carboxylic acids is 1. The zero-order valence-electron chi connectivity index (χ0n) is 9.55. The molecule has 0 spiro atoms. The summed E-state index contributed by atoms with van der Waals surface area (Å²) in [6.07, 6.45) is 2.90. The van der Waals surface area contributed by atoms with E-state index in [1.54, 1.807) is 30.5 Å². The number of nitrogens with zero attached hydrogens (tertiary/aromatic N) is 1. The predicted molar refractivity (Wildman–Crippen MR) is 68.2 cm³/mol. The third-order valence-corrected chi connectivity index (χ3v) is 2.78. The zero-order valence-corrected chi connectivity index (χ0v) is 10.3. The van der Waals surface area contributed by atoms with E-state index in [1.165, 1.54) is 13.3 Å². The maximum atomic E-state index is 10.9. The van der Waals surface area contributed by atoms with E-state index in [0.29, 0.717) is 16.3 Å². The Balaban J connectivity index is 2.48. The van der Waals surface area contributed by atoms with Crippen molar-refractivity contribution >= 4 is 17.6 Å². The monoisotopic (exact) mass is 263 g/mol. The smallest absolute Gasteiger partial charge is 0.337 e. The van der Waals surface area contributed by atoms with Crippen LogP contribution in [0.5, 0.6) is 5.75 Å². The molecule has 92 valence electrons. The van der Waals surface area contributed by atoms with Crippen LogP contribution in [0.3, 0.4) is 0 Å². The first kappa shape index (κ1) is 12.4. The van der Waals surface area contributed by atoms with Crippen LogP contribution in [0.25, 0.3) is 11.1 Å². The standard InChI is InChI=1S/C13H10ClNO3/c1-18-12-5-8(2-3-11(12)14)9-4-10(13(16)17)7-15-6-9/h2-7H,1H3,(H,16,17). The third kappa shape index (κ3) is 2.43. The van der Waals surface area contributed by atoms with Crippen LogP contribution in [0.1, 0.15) is 10.4 Å². The van der Waals surface area contributed by atoms with Crippen LogP contribution < -0.4 is 4.74 Å². The Morgan fingerprint density at radius 2 is 2.06 bits per heavy atom. The number of carboxylic acid groups (broad SMARTS) is 1. The molecule has 0 aliphatic rings. The van der Waals surface area contributed by atoms with Gasteiger partial charge in [-0.25, -0.2) is 4.79 Å². The van der Waals surface area contributed by atoms with Gasteiger partial charge in [0.15, 0.2) is 0 Å². The molecule has 1 N–H and O–H groups in total. The molecule has 4 nitrogen and oxygen atoms in total. The molecule has 0 unspecified atom stereocenters. The highest BCUT2D eigenvalue weighted by Gasteiger charge is 2.08. The minimum absolute atomic E-state index is 0.140. The van der Waals surface area contributed by atoms with E-state index in [0.717, 1.165) is 5.56 Å². The number of halogens is 1. The summed E-state index contributed by atoms with van der Waals surface area (Å²) >= 11 is 5.93. The van der Waals surface area contributed by atoms with Crippen LogP contribution >= 0.6 is 11.6 Å². The highest BCUT2D eigenvalue weighted by Crippen LogP contribution is 2.30. The van der Waals surface area contributed by atoms with E-state index in [1.807, 2.05) is 0 Å². The van der Waals surface area contributed by atoms with Gasteiger partial charge >= 0.3 is 5.97 Å². The average Bonchev–Trinajstić information content (AvgIpc) is 2.39. The molecule has 0 bridgehead atoms. The molecule has 18 heavy (non-hydrogen) atoms. The minimum atomic E-state index is -1.01. The summed E-state index contributed by atoms with van der Waals surface area (Å²) in [6, 6.07) is 6.78. The van der Waals surface area contributed by atoms with Gasteiger partial charge in [0.25, 0.3) is 0 Å². The largest absolute Gasteiger partial charge is 0.495 e. The second-order valence-corrected chi connectivity index (χ2v) is 4.02. The molecule has 0 aliphatic heterocycles. The molecule has 0 radical (unpaired) electrons. The van der Waals surface area contributed by atoms with Gasteiger partial charge < -0.3 is 9.84 Å². The normalized spacial score (nSPS) is 10.1. The second kappa shape index (κ2) is 5.06. The van der Waals surface area contributed by atoms with Crippen LogP contribution in [0.4, 0.5) is 0 Å². The van der Waals surface area contributed by atoms with Crippen molar-refractivity contribution in [2.24, 2.45) is 0 Å². The Hall–Kier alpha value is -2.07. The van der Waals surface area contributed by atoms with Crippen LogP contribution in [-0.4, -0.2) is 23.2 Å². The summed E-state index contributed by atoms with van der Waals surface area (Å²) in [7, 11) is 1.52. The lowest BCUT2D eigenvalue weighted by molar-refractivity contribution is 0.0696. The highest BCUT2D eigenvalue weighted by atomic mass is 35.5. The number of pyridine rings is 1. The number of hydrogen-bond acceptors (Lipinski definition) is 3. The van der Waals surface area contributed by atoms with E-state index in [2.05, 4.69) is 4.98 Å². The van der Waals surface area contributed by atoms with Gasteiger partial charge in [-0.1, -0.05) is 17.7 Å². The van der Waals surface area contributed by atoms with E-state index < -0.39 is 5.97 Å². The first-order valence-corrected chi connectivity index (χ1v) is 5.52. The number of aromatic nitrogens is 1. The number of carbonyl (C=O) groups is 1. The van der Waals surface area contributed by atoms with E-state index in [4.69, 9.17) is 21.4 Å². The fourth-order valence-electron chi connectivity index (χ4n) is 1.55. The van der Waals surface area contributed by atoms with Crippen LogP contribution in [0, 0.1) is 0 Å². The molecule has 1 aromatic heterocycles. The van der Waals surface area contributed by atoms with Gasteiger partial charge in [-0.05, 0) is 23.8 Å². The van der Waals surface area contributed by atoms with Gasteiger partial charge in [0.2, 0.25) is 0 Å². The van der Waals surface area contributed by atoms with Gasteiger partial charge in [0, 0.05) is 18.0 Å². The maximum absolute atomic E-state index is 10.9. The highest BCUT2D eigenvalue weighted by molar-refractivity contribution is 6.32. The second-order valence-electron chi connectivity index (χ2n) is 3.62. The third-order valence-electron chi connectivity index (χ3n) is 2.47. The van der Waals surface area contributed by atoms with Gasteiger partial charge in [-0.15, -0.1) is 0 Å². The summed E-state index contributed by atoms with van der Waals surface area (Å²) in [6.45, 7) is 0. The number of ether oxygens (including phenoxy) is 1. The molecular weight excluding hydrogens is 254 g/mol. The number of hydrogen-bond donors (Lipinski definition) is 1. The molecule has 0 fully saturated rings. The first-order chi connectivity index (χ1) is 8.61. The number of carboxylic acids is 1. The Kier molecular flexibility index (Phi) is 3.48. The quantitative estimate of drug-likeness (QED) is 0.924. The molecule has 1 aromatic carbocycles. The molecule has 0 aliphatic carbocycles. The van der Waals surface area contributed by atoms with Crippen molar-refractivity contribution in [3.8, 4) is 16.9 Å². The van der Waals surface area contributed by atoms with Gasteiger partial charge in [-0.2, -0.15) is 0 Å². The zero-order chi connectivity index (χ0) is 13.1. The summed E-state index contributed by atoms with van der Waals surface area (Å²) in [5, 5.41) is 9.42. The van der Waals surface area contributed by atoms with Crippen molar-refractivity contribution < 1.29 is 14.6 Å². The molecule has 0 amide bonds. The fourth-order valence-corrected chi connectivity index (χ4v) is 1.75.